The lowest BCUT2D eigenvalue weighted by Gasteiger charge is -2.08. The van der Waals surface area contributed by atoms with E-state index in [2.05, 4.69) is 31.0 Å². The first kappa shape index (κ1) is 21.8. The summed E-state index contributed by atoms with van der Waals surface area (Å²) in [6.07, 6.45) is 0.773. The Morgan fingerprint density at radius 3 is 2.50 bits per heavy atom. The zero-order valence-corrected chi connectivity index (χ0v) is 18.0. The second-order valence-electron chi connectivity index (χ2n) is 6.07. The van der Waals surface area contributed by atoms with Gasteiger partial charge in [0.1, 0.15) is 16.6 Å². The van der Waals surface area contributed by atoms with Gasteiger partial charge in [-0.15, -0.1) is 20.4 Å². The van der Waals surface area contributed by atoms with Gasteiger partial charge < -0.3 is 9.88 Å². The molecule has 3 aromatic rings. The van der Waals surface area contributed by atoms with Crippen LogP contribution < -0.4 is 10.6 Å². The Hall–Kier alpha value is -2.86. The van der Waals surface area contributed by atoms with Crippen LogP contribution in [0, 0.1) is 5.82 Å². The molecule has 0 aliphatic rings. The fourth-order valence-electron chi connectivity index (χ4n) is 2.49. The van der Waals surface area contributed by atoms with E-state index in [9.17, 15) is 14.0 Å². The van der Waals surface area contributed by atoms with Gasteiger partial charge in [-0.3, -0.25) is 14.9 Å². The highest BCUT2D eigenvalue weighted by Gasteiger charge is 2.16. The summed E-state index contributed by atoms with van der Waals surface area (Å²) < 4.78 is 14.8. The van der Waals surface area contributed by atoms with Crippen LogP contribution in [0.4, 0.5) is 15.2 Å². The molecule has 0 aliphatic carbocycles. The minimum atomic E-state index is -0.374. The third-order valence-electron chi connectivity index (χ3n) is 3.90. The topological polar surface area (TPSA) is 115 Å². The molecule has 1 aromatic carbocycles. The maximum Gasteiger partial charge on any atom is 0.236 e. The summed E-state index contributed by atoms with van der Waals surface area (Å²) in [6, 6.07) is 5.52. The highest BCUT2D eigenvalue weighted by molar-refractivity contribution is 7.99. The number of hydrogen-bond donors (Lipinski definition) is 2. The summed E-state index contributed by atoms with van der Waals surface area (Å²) in [6.45, 7) is 4.42. The molecule has 2 N–H and O–H groups in total. The molecule has 0 atom stereocenters. The second-order valence-corrected chi connectivity index (χ2v) is 8.07. The van der Waals surface area contributed by atoms with Crippen molar-refractivity contribution in [1.29, 1.82) is 0 Å². The standard InChI is InChI=1S/C18H20FN7O2S2/c1-3-16-23-24-17(30-16)21-15(28)10-29-18-25-22-13(26(18)4-2)9-14(27)20-12-7-5-11(19)6-8-12/h5-8H,3-4,9-10H2,1-2H3,(H,20,27)(H,21,24,28). The summed E-state index contributed by atoms with van der Waals surface area (Å²) in [7, 11) is 0. The third-order valence-corrected chi connectivity index (χ3v) is 5.85. The average molecular weight is 450 g/mol. The summed E-state index contributed by atoms with van der Waals surface area (Å²) >= 11 is 2.57. The van der Waals surface area contributed by atoms with Gasteiger partial charge in [-0.1, -0.05) is 30.0 Å². The molecule has 0 unspecified atom stereocenters. The van der Waals surface area contributed by atoms with E-state index in [1.54, 1.807) is 4.57 Å². The predicted molar refractivity (Wildman–Crippen MR) is 113 cm³/mol. The second kappa shape index (κ2) is 10.3. The van der Waals surface area contributed by atoms with Gasteiger partial charge in [0.2, 0.25) is 16.9 Å². The first-order chi connectivity index (χ1) is 14.5. The van der Waals surface area contributed by atoms with Crippen molar-refractivity contribution in [3.05, 3.63) is 40.9 Å². The number of hydrogen-bond acceptors (Lipinski definition) is 8. The van der Waals surface area contributed by atoms with Crippen molar-refractivity contribution in [2.45, 2.75) is 38.4 Å². The highest BCUT2D eigenvalue weighted by atomic mass is 32.2. The molecule has 3 rings (SSSR count). The molecule has 0 saturated heterocycles. The Kier molecular flexibility index (Phi) is 7.46. The molecule has 9 nitrogen and oxygen atoms in total. The number of aromatic nitrogens is 5. The van der Waals surface area contributed by atoms with Crippen molar-refractivity contribution in [2.24, 2.45) is 0 Å². The normalized spacial score (nSPS) is 10.8. The van der Waals surface area contributed by atoms with E-state index in [-0.39, 0.29) is 29.8 Å². The van der Waals surface area contributed by atoms with Gasteiger partial charge in [0.25, 0.3) is 0 Å². The van der Waals surface area contributed by atoms with Crippen molar-refractivity contribution in [1.82, 2.24) is 25.0 Å². The Balaban J connectivity index is 1.55. The molecular formula is C18H20FN7O2S2. The number of nitrogens with one attached hydrogen (secondary N) is 2. The summed E-state index contributed by atoms with van der Waals surface area (Å²) in [5.74, 6) is -0.278. The number of halogens is 1. The van der Waals surface area contributed by atoms with Crippen LogP contribution in [0.1, 0.15) is 24.7 Å². The lowest BCUT2D eigenvalue weighted by Crippen LogP contribution is -2.18. The van der Waals surface area contributed by atoms with Gasteiger partial charge in [0, 0.05) is 12.2 Å². The lowest BCUT2D eigenvalue weighted by atomic mass is 10.3. The molecular weight excluding hydrogens is 429 g/mol. The summed E-state index contributed by atoms with van der Waals surface area (Å²) in [4.78, 5) is 24.4. The maximum absolute atomic E-state index is 13.0. The minimum Gasteiger partial charge on any atom is -0.326 e. The predicted octanol–water partition coefficient (Wildman–Crippen LogP) is 2.76. The van der Waals surface area contributed by atoms with Crippen LogP contribution in [0.25, 0.3) is 0 Å². The van der Waals surface area contributed by atoms with E-state index in [0.717, 1.165) is 11.4 Å². The van der Waals surface area contributed by atoms with Crippen LogP contribution >= 0.6 is 23.1 Å². The Morgan fingerprint density at radius 1 is 1.07 bits per heavy atom. The van der Waals surface area contributed by atoms with E-state index in [1.807, 2.05) is 13.8 Å². The van der Waals surface area contributed by atoms with Gasteiger partial charge in [-0.2, -0.15) is 0 Å². The van der Waals surface area contributed by atoms with Crippen LogP contribution in [0.15, 0.2) is 29.4 Å². The van der Waals surface area contributed by atoms with E-state index in [4.69, 9.17) is 0 Å². The third kappa shape index (κ3) is 5.83. The maximum atomic E-state index is 13.0. The van der Waals surface area contributed by atoms with E-state index in [0.29, 0.717) is 28.3 Å². The van der Waals surface area contributed by atoms with Gasteiger partial charge in [0.05, 0.1) is 12.2 Å². The van der Waals surface area contributed by atoms with E-state index in [1.165, 1.54) is 47.4 Å². The number of aryl methyl sites for hydroxylation is 1. The number of carbonyl (C=O) groups excluding carboxylic acids is 2. The molecule has 2 aromatic heterocycles. The first-order valence-corrected chi connectivity index (χ1v) is 11.0. The van der Waals surface area contributed by atoms with Crippen LogP contribution in [0.3, 0.4) is 0 Å². The van der Waals surface area contributed by atoms with Crippen molar-refractivity contribution < 1.29 is 14.0 Å². The molecule has 158 valence electrons. The van der Waals surface area contributed by atoms with Crippen LogP contribution in [-0.4, -0.2) is 42.5 Å². The number of carbonyl (C=O) groups is 2. The number of anilines is 2. The Labute approximate surface area is 180 Å². The molecule has 0 bridgehead atoms. The number of rotatable bonds is 9. The molecule has 0 radical (unpaired) electrons. The average Bonchev–Trinajstić information content (AvgIpc) is 3.34. The zero-order chi connectivity index (χ0) is 21.5. The number of nitrogens with zero attached hydrogens (tertiary/aromatic N) is 5. The largest absolute Gasteiger partial charge is 0.326 e. The van der Waals surface area contributed by atoms with Gasteiger partial charge in [-0.25, -0.2) is 4.39 Å². The first-order valence-electron chi connectivity index (χ1n) is 9.21. The van der Waals surface area contributed by atoms with Crippen molar-refractivity contribution in [3.63, 3.8) is 0 Å². The zero-order valence-electron chi connectivity index (χ0n) is 16.4. The molecule has 2 amide bonds. The monoisotopic (exact) mass is 449 g/mol. The van der Waals surface area contributed by atoms with E-state index < -0.39 is 0 Å². The van der Waals surface area contributed by atoms with Gasteiger partial charge in [0.15, 0.2) is 5.16 Å². The fraction of sp³-hybridized carbons (Fsp3) is 0.333. The molecule has 0 saturated carbocycles. The summed E-state index contributed by atoms with van der Waals surface area (Å²) in [5, 5.41) is 23.3. The van der Waals surface area contributed by atoms with Crippen LogP contribution in [-0.2, 0) is 29.0 Å². The van der Waals surface area contributed by atoms with Crippen molar-refractivity contribution >= 4 is 45.7 Å². The van der Waals surface area contributed by atoms with Crippen LogP contribution in [0.5, 0.6) is 0 Å². The van der Waals surface area contributed by atoms with Crippen LogP contribution in [0.2, 0.25) is 0 Å². The molecule has 30 heavy (non-hydrogen) atoms. The minimum absolute atomic E-state index is 0.00948. The van der Waals surface area contributed by atoms with Crippen molar-refractivity contribution in [2.75, 3.05) is 16.4 Å². The molecule has 0 aliphatic heterocycles. The van der Waals surface area contributed by atoms with Crippen molar-refractivity contribution in [3.8, 4) is 0 Å². The lowest BCUT2D eigenvalue weighted by molar-refractivity contribution is -0.116. The Bertz CT molecular complexity index is 1020. The number of amides is 2. The molecule has 0 spiro atoms. The highest BCUT2D eigenvalue weighted by Crippen LogP contribution is 2.20. The smallest absolute Gasteiger partial charge is 0.236 e. The number of benzene rings is 1. The summed E-state index contributed by atoms with van der Waals surface area (Å²) in [5.41, 5.74) is 0.498. The van der Waals surface area contributed by atoms with E-state index >= 15 is 0 Å². The quantitative estimate of drug-likeness (QED) is 0.483. The Morgan fingerprint density at radius 2 is 1.83 bits per heavy atom. The molecule has 2 heterocycles. The molecule has 0 fully saturated rings. The molecule has 12 heteroatoms. The SMILES string of the molecule is CCc1nnc(NC(=O)CSc2nnc(CC(=O)Nc3ccc(F)cc3)n2CC)s1. The number of thioether (sulfide) groups is 1. The van der Waals surface area contributed by atoms with Gasteiger partial charge in [-0.05, 0) is 37.6 Å². The fourth-order valence-corrected chi connectivity index (χ4v) is 4.01. The van der Waals surface area contributed by atoms with Gasteiger partial charge >= 0.3 is 0 Å².